The monoisotopic (exact) mass is 305 g/mol. The molecule has 0 bridgehead atoms. The lowest BCUT2D eigenvalue weighted by Crippen LogP contribution is -2.81. The van der Waals surface area contributed by atoms with Gasteiger partial charge < -0.3 is 14.2 Å². The minimum absolute atomic E-state index is 0.422. The quantitative estimate of drug-likeness (QED) is 0.796. The molecule has 22 heavy (non-hydrogen) atoms. The third-order valence-corrected chi connectivity index (χ3v) is 4.44. The highest BCUT2D eigenvalue weighted by Gasteiger charge is 2.86. The molecule has 0 radical (unpaired) electrons. The van der Waals surface area contributed by atoms with E-state index in [4.69, 9.17) is 18.9 Å². The van der Waals surface area contributed by atoms with E-state index in [-0.39, 0.29) is 0 Å². The van der Waals surface area contributed by atoms with Crippen LogP contribution in [0, 0.1) is 0 Å². The van der Waals surface area contributed by atoms with Crippen LogP contribution in [0.5, 0.6) is 0 Å². The Labute approximate surface area is 129 Å². The van der Waals surface area contributed by atoms with Gasteiger partial charge in [-0.05, 0) is 12.0 Å². The standard InChI is InChI=1S/C16H19NO5/c1-5-14-15(13(18)19-3,12-9-7-6-8-10-12)22-16(14,20-4)21-11(2)17-14/h6-10H,5H2,1-4H3/t14-,15+,16-/m1/s1. The van der Waals surface area contributed by atoms with E-state index in [1.165, 1.54) is 14.2 Å². The van der Waals surface area contributed by atoms with Gasteiger partial charge in [-0.1, -0.05) is 37.3 Å². The zero-order valence-electron chi connectivity index (χ0n) is 13.1. The Bertz CT molecular complexity index is 631. The van der Waals surface area contributed by atoms with Crippen molar-refractivity contribution in [3.05, 3.63) is 35.9 Å². The van der Waals surface area contributed by atoms with Gasteiger partial charge in [-0.25, -0.2) is 9.79 Å². The number of nitrogens with zero attached hydrogens (tertiary/aromatic N) is 1. The first-order chi connectivity index (χ1) is 10.5. The normalized spacial score (nSPS) is 35.9. The number of fused-ring (bicyclic) bond motifs is 1. The van der Waals surface area contributed by atoms with Gasteiger partial charge in [-0.3, -0.25) is 4.74 Å². The van der Waals surface area contributed by atoms with Gasteiger partial charge in [0, 0.05) is 14.0 Å². The molecule has 1 saturated heterocycles. The Balaban J connectivity index is 2.23. The van der Waals surface area contributed by atoms with Crippen LogP contribution < -0.4 is 0 Å². The van der Waals surface area contributed by atoms with Crippen LogP contribution in [0.2, 0.25) is 0 Å². The Morgan fingerprint density at radius 2 is 1.95 bits per heavy atom. The predicted octanol–water partition coefficient (Wildman–Crippen LogP) is 1.98. The van der Waals surface area contributed by atoms with Crippen LogP contribution in [0.4, 0.5) is 0 Å². The van der Waals surface area contributed by atoms with Gasteiger partial charge in [0.2, 0.25) is 11.1 Å². The number of benzene rings is 1. The van der Waals surface area contributed by atoms with Crippen molar-refractivity contribution >= 4 is 11.9 Å². The van der Waals surface area contributed by atoms with Crippen molar-refractivity contribution in [2.24, 2.45) is 4.99 Å². The summed E-state index contributed by atoms with van der Waals surface area (Å²) < 4.78 is 22.1. The Morgan fingerprint density at radius 3 is 2.50 bits per heavy atom. The molecule has 3 atom stereocenters. The van der Waals surface area contributed by atoms with Crippen LogP contribution in [0.25, 0.3) is 0 Å². The molecule has 0 spiro atoms. The van der Waals surface area contributed by atoms with E-state index in [9.17, 15) is 4.79 Å². The average molecular weight is 305 g/mol. The molecule has 0 saturated carbocycles. The van der Waals surface area contributed by atoms with Gasteiger partial charge in [0.25, 0.3) is 0 Å². The number of methoxy groups -OCH3 is 2. The van der Waals surface area contributed by atoms with Crippen LogP contribution in [-0.4, -0.2) is 37.6 Å². The summed E-state index contributed by atoms with van der Waals surface area (Å²) in [4.78, 5) is 17.3. The second-order valence-electron chi connectivity index (χ2n) is 5.35. The van der Waals surface area contributed by atoms with E-state index >= 15 is 0 Å². The number of hydrogen-bond donors (Lipinski definition) is 0. The lowest BCUT2D eigenvalue weighted by atomic mass is 9.66. The van der Waals surface area contributed by atoms with E-state index in [2.05, 4.69) is 4.99 Å². The molecule has 2 heterocycles. The zero-order valence-corrected chi connectivity index (χ0v) is 13.1. The summed E-state index contributed by atoms with van der Waals surface area (Å²) >= 11 is 0. The number of esters is 1. The SMILES string of the molecule is CC[C@]12N=C(C)O[C@@]1(OC)O[C@]2(C(=O)OC)c1ccccc1. The molecule has 0 amide bonds. The summed E-state index contributed by atoms with van der Waals surface area (Å²) in [5.74, 6) is -1.49. The molecule has 1 fully saturated rings. The van der Waals surface area contributed by atoms with E-state index in [1.54, 1.807) is 6.92 Å². The molecule has 0 aliphatic carbocycles. The van der Waals surface area contributed by atoms with Crippen molar-refractivity contribution in [2.75, 3.05) is 14.2 Å². The third kappa shape index (κ3) is 1.46. The molecule has 0 N–H and O–H groups in total. The van der Waals surface area contributed by atoms with Crippen molar-refractivity contribution < 1.29 is 23.7 Å². The summed E-state index contributed by atoms with van der Waals surface area (Å²) in [7, 11) is 2.81. The van der Waals surface area contributed by atoms with E-state index in [0.29, 0.717) is 17.9 Å². The number of carbonyl (C=O) groups is 1. The average Bonchev–Trinajstić information content (AvgIpc) is 2.78. The lowest BCUT2D eigenvalue weighted by molar-refractivity contribution is -0.491. The van der Waals surface area contributed by atoms with Crippen molar-refractivity contribution in [2.45, 2.75) is 37.4 Å². The van der Waals surface area contributed by atoms with Gasteiger partial charge in [0.05, 0.1) is 7.11 Å². The molecule has 1 aromatic carbocycles. The Hall–Kier alpha value is -1.92. The second kappa shape index (κ2) is 4.79. The van der Waals surface area contributed by atoms with Gasteiger partial charge in [0.15, 0.2) is 5.90 Å². The smallest absolute Gasteiger partial charge is 0.360 e. The molecule has 118 valence electrons. The molecule has 6 heteroatoms. The topological polar surface area (TPSA) is 66.3 Å². The Morgan fingerprint density at radius 1 is 1.27 bits per heavy atom. The van der Waals surface area contributed by atoms with Crippen LogP contribution in [0.15, 0.2) is 35.3 Å². The number of hydrogen-bond acceptors (Lipinski definition) is 6. The summed E-state index contributed by atoms with van der Waals surface area (Å²) in [6.07, 6.45) is 0.488. The van der Waals surface area contributed by atoms with Crippen molar-refractivity contribution in [1.29, 1.82) is 0 Å². The molecule has 0 unspecified atom stereocenters. The lowest BCUT2D eigenvalue weighted by Gasteiger charge is -2.60. The molecule has 1 aromatic rings. The predicted molar refractivity (Wildman–Crippen MR) is 78.2 cm³/mol. The number of ether oxygens (including phenoxy) is 4. The fourth-order valence-electron chi connectivity index (χ4n) is 3.52. The molecule has 6 nitrogen and oxygen atoms in total. The fourth-order valence-corrected chi connectivity index (χ4v) is 3.52. The first-order valence-corrected chi connectivity index (χ1v) is 7.16. The number of carbonyl (C=O) groups excluding carboxylic acids is 1. The van der Waals surface area contributed by atoms with Gasteiger partial charge in [-0.15, -0.1) is 0 Å². The zero-order chi connectivity index (χ0) is 16.0. The van der Waals surface area contributed by atoms with Crippen molar-refractivity contribution in [3.63, 3.8) is 0 Å². The summed E-state index contributed by atoms with van der Waals surface area (Å²) in [6, 6.07) is 9.18. The maximum Gasteiger partial charge on any atom is 0.360 e. The molecule has 2 aliphatic heterocycles. The first kappa shape index (κ1) is 15.0. The minimum atomic E-state index is -1.39. The second-order valence-corrected chi connectivity index (χ2v) is 5.35. The van der Waals surface area contributed by atoms with Crippen LogP contribution in [-0.2, 0) is 29.3 Å². The molecule has 2 aliphatic rings. The summed E-state index contributed by atoms with van der Waals surface area (Å²) in [5, 5.41) is 0. The Kier molecular flexibility index (Phi) is 3.27. The summed E-state index contributed by atoms with van der Waals surface area (Å²) in [6.45, 7) is 3.63. The van der Waals surface area contributed by atoms with Crippen LogP contribution in [0.1, 0.15) is 25.8 Å². The van der Waals surface area contributed by atoms with Gasteiger partial charge in [0.1, 0.15) is 0 Å². The molecule has 0 aromatic heterocycles. The maximum absolute atomic E-state index is 12.7. The molecule has 3 rings (SSSR count). The van der Waals surface area contributed by atoms with Crippen LogP contribution in [0.3, 0.4) is 0 Å². The van der Waals surface area contributed by atoms with Gasteiger partial charge in [-0.2, -0.15) is 0 Å². The molecular formula is C16H19NO5. The van der Waals surface area contributed by atoms with Crippen molar-refractivity contribution in [3.8, 4) is 0 Å². The minimum Gasteiger partial charge on any atom is -0.467 e. The van der Waals surface area contributed by atoms with Gasteiger partial charge >= 0.3 is 11.9 Å². The van der Waals surface area contributed by atoms with Crippen LogP contribution >= 0.6 is 0 Å². The van der Waals surface area contributed by atoms with E-state index in [0.717, 1.165) is 0 Å². The fraction of sp³-hybridized carbons (Fsp3) is 0.500. The highest BCUT2D eigenvalue weighted by molar-refractivity contribution is 5.88. The highest BCUT2D eigenvalue weighted by Crippen LogP contribution is 2.64. The largest absolute Gasteiger partial charge is 0.467 e. The number of aliphatic imine (C=N–C) groups is 1. The third-order valence-electron chi connectivity index (χ3n) is 4.44. The highest BCUT2D eigenvalue weighted by atomic mass is 16.9. The van der Waals surface area contributed by atoms with E-state index < -0.39 is 23.1 Å². The maximum atomic E-state index is 12.7. The van der Waals surface area contributed by atoms with Crippen molar-refractivity contribution in [1.82, 2.24) is 0 Å². The van der Waals surface area contributed by atoms with E-state index in [1.807, 2.05) is 37.3 Å². The summed E-state index contributed by atoms with van der Waals surface area (Å²) in [5.41, 5.74) is -1.74. The molecular weight excluding hydrogens is 286 g/mol. The first-order valence-electron chi connectivity index (χ1n) is 7.16. The number of rotatable bonds is 4.